The molecule has 5 rings (SSSR count). The Morgan fingerprint density at radius 1 is 0.490 bits per heavy atom. The second-order valence-corrected chi connectivity index (χ2v) is 18.9. The minimum absolute atomic E-state index is 1.05. The molecule has 0 bridgehead atoms. The molecular weight excluding hydrogens is 741 g/mol. The summed E-state index contributed by atoms with van der Waals surface area (Å²) in [6.45, 7) is 6.89. The van der Waals surface area contributed by atoms with Gasteiger partial charge in [-0.15, -0.1) is 34.0 Å². The van der Waals surface area contributed by atoms with Gasteiger partial charge < -0.3 is 0 Å². The van der Waals surface area contributed by atoms with E-state index in [-0.39, 0.29) is 0 Å². The number of fused-ring (bicyclic) bond motifs is 1. The van der Waals surface area contributed by atoms with Crippen LogP contribution in [-0.2, 0) is 19.3 Å². The average molecular weight is 798 g/mol. The van der Waals surface area contributed by atoms with Gasteiger partial charge >= 0.3 is 0 Å². The quantitative estimate of drug-likeness (QED) is 0.0581. The Kier molecular flexibility index (Phi) is 16.8. The van der Waals surface area contributed by atoms with Gasteiger partial charge in [0.05, 0.1) is 15.5 Å². The molecule has 0 amide bonds. The third kappa shape index (κ3) is 11.3. The van der Waals surface area contributed by atoms with E-state index >= 15 is 0 Å². The highest BCUT2D eigenvalue weighted by Crippen LogP contribution is 2.46. The molecular formula is C42H57BrN2S4. The predicted molar refractivity (Wildman–Crippen MR) is 226 cm³/mol. The maximum atomic E-state index is 4.91. The van der Waals surface area contributed by atoms with Crippen molar-refractivity contribution in [2.75, 3.05) is 0 Å². The Balaban J connectivity index is 1.34. The van der Waals surface area contributed by atoms with E-state index in [1.807, 2.05) is 34.0 Å². The number of benzene rings is 1. The summed E-state index contributed by atoms with van der Waals surface area (Å²) in [5.41, 5.74) is 7.51. The topological polar surface area (TPSA) is 25.8 Å². The van der Waals surface area contributed by atoms with E-state index in [9.17, 15) is 0 Å². The van der Waals surface area contributed by atoms with Crippen LogP contribution in [0.1, 0.15) is 152 Å². The zero-order valence-electron chi connectivity index (χ0n) is 30.2. The smallest absolute Gasteiger partial charge is 0.114 e. The van der Waals surface area contributed by atoms with Crippen molar-refractivity contribution in [3.05, 3.63) is 56.2 Å². The number of unbranched alkanes of at least 4 members (excludes halogenated alkanes) is 15. The van der Waals surface area contributed by atoms with Gasteiger partial charge in [0, 0.05) is 35.5 Å². The Morgan fingerprint density at radius 2 is 0.980 bits per heavy atom. The first-order valence-electron chi connectivity index (χ1n) is 19.4. The molecule has 0 fully saturated rings. The molecule has 0 aliphatic heterocycles. The average Bonchev–Trinajstić information content (AvgIpc) is 3.93. The number of hydrogen-bond donors (Lipinski definition) is 0. The van der Waals surface area contributed by atoms with Gasteiger partial charge in [-0.1, -0.05) is 129 Å². The first-order chi connectivity index (χ1) is 24.1. The van der Waals surface area contributed by atoms with E-state index in [0.29, 0.717) is 0 Å². The minimum Gasteiger partial charge on any atom is -0.172 e. The SMILES string of the molecule is CCCCCCCCc1ccc(-c2sc(-c3ccc(-c4cc(CCCCCCCC)c(Br)s4)c4nsnc34)cc2CCCCCCCC)s1. The first-order valence-corrected chi connectivity index (χ1v) is 23.4. The third-order valence-electron chi connectivity index (χ3n) is 9.77. The third-order valence-corrected chi connectivity index (χ3v) is 14.8. The van der Waals surface area contributed by atoms with E-state index in [0.717, 1.165) is 23.9 Å². The minimum atomic E-state index is 1.05. The molecule has 0 atom stereocenters. The van der Waals surface area contributed by atoms with Gasteiger partial charge in [-0.2, -0.15) is 8.75 Å². The van der Waals surface area contributed by atoms with Gasteiger partial charge in [0.2, 0.25) is 0 Å². The Morgan fingerprint density at radius 3 is 1.57 bits per heavy atom. The van der Waals surface area contributed by atoms with Crippen LogP contribution in [0, 0.1) is 0 Å². The van der Waals surface area contributed by atoms with Crippen molar-refractivity contribution < 1.29 is 0 Å². The predicted octanol–water partition coefficient (Wildman–Crippen LogP) is 16.3. The number of aromatic nitrogens is 2. The maximum absolute atomic E-state index is 4.91. The van der Waals surface area contributed by atoms with Crippen LogP contribution >= 0.6 is 61.7 Å². The van der Waals surface area contributed by atoms with Crippen molar-refractivity contribution in [1.82, 2.24) is 8.75 Å². The number of aryl methyl sites for hydroxylation is 3. The molecule has 2 nitrogen and oxygen atoms in total. The lowest BCUT2D eigenvalue weighted by molar-refractivity contribution is 0.607. The lowest BCUT2D eigenvalue weighted by atomic mass is 10.0. The van der Waals surface area contributed by atoms with Gasteiger partial charge in [0.25, 0.3) is 0 Å². The van der Waals surface area contributed by atoms with E-state index in [1.165, 1.54) is 179 Å². The van der Waals surface area contributed by atoms with Crippen molar-refractivity contribution >= 4 is 72.7 Å². The summed E-state index contributed by atoms with van der Waals surface area (Å²) in [4.78, 5) is 7.10. The molecule has 0 saturated heterocycles. The normalized spacial score (nSPS) is 11.8. The van der Waals surface area contributed by atoms with E-state index in [2.05, 4.69) is 73.1 Å². The zero-order chi connectivity index (χ0) is 34.3. The lowest BCUT2D eigenvalue weighted by Gasteiger charge is -2.03. The highest BCUT2D eigenvalue weighted by molar-refractivity contribution is 9.11. The molecule has 4 heterocycles. The van der Waals surface area contributed by atoms with Gasteiger partial charge in [0.15, 0.2) is 0 Å². The number of rotatable bonds is 24. The monoisotopic (exact) mass is 796 g/mol. The summed E-state index contributed by atoms with van der Waals surface area (Å²) < 4.78 is 11.1. The fourth-order valence-electron chi connectivity index (χ4n) is 6.84. The van der Waals surface area contributed by atoms with E-state index < -0.39 is 0 Å². The maximum Gasteiger partial charge on any atom is 0.114 e. The molecule has 0 N–H and O–H groups in total. The second-order valence-electron chi connectivity index (χ2n) is 13.8. The zero-order valence-corrected chi connectivity index (χ0v) is 35.1. The molecule has 0 aliphatic rings. The standard InChI is InChI=1S/C42H57BrN2S4/c1-4-7-10-13-16-19-22-31-29-37(47-41(31)36-28-25-33(46-36)24-21-18-15-12-9-6-3)34-26-27-35(40-39(34)44-49-45-40)38-30-32(42(43)48-38)23-20-17-14-11-8-5-2/h25-30H,4-24H2,1-3H3. The molecule has 0 aliphatic carbocycles. The summed E-state index contributed by atoms with van der Waals surface area (Å²) in [6, 6.07) is 14.3. The number of thiophene rings is 3. The van der Waals surface area contributed by atoms with E-state index in [1.54, 1.807) is 4.88 Å². The van der Waals surface area contributed by atoms with Crippen molar-refractivity contribution in [2.45, 2.75) is 156 Å². The Bertz CT molecular complexity index is 1670. The fraction of sp³-hybridized carbons (Fsp3) is 0.571. The van der Waals surface area contributed by atoms with Crippen LogP contribution in [0.25, 0.3) is 41.7 Å². The highest BCUT2D eigenvalue weighted by atomic mass is 79.9. The van der Waals surface area contributed by atoms with Crippen LogP contribution in [-0.4, -0.2) is 8.75 Å². The first kappa shape index (κ1) is 38.8. The molecule has 7 heteroatoms. The van der Waals surface area contributed by atoms with Crippen LogP contribution in [0.3, 0.4) is 0 Å². The number of nitrogens with zero attached hydrogens (tertiary/aromatic N) is 2. The lowest BCUT2D eigenvalue weighted by Crippen LogP contribution is -1.86. The van der Waals surface area contributed by atoms with Crippen LogP contribution in [0.15, 0.2) is 40.2 Å². The molecule has 266 valence electrons. The van der Waals surface area contributed by atoms with Gasteiger partial charge in [-0.05, 0) is 89.8 Å². The molecule has 0 spiro atoms. The number of halogens is 1. The van der Waals surface area contributed by atoms with Gasteiger partial charge in [0.1, 0.15) is 11.0 Å². The van der Waals surface area contributed by atoms with Crippen LogP contribution < -0.4 is 0 Å². The van der Waals surface area contributed by atoms with Crippen molar-refractivity contribution in [3.8, 4) is 30.6 Å². The van der Waals surface area contributed by atoms with Crippen molar-refractivity contribution in [1.29, 1.82) is 0 Å². The largest absolute Gasteiger partial charge is 0.172 e. The summed E-state index contributed by atoms with van der Waals surface area (Å²) in [5, 5.41) is 0. The summed E-state index contributed by atoms with van der Waals surface area (Å²) in [5.74, 6) is 0. The Labute approximate surface area is 321 Å². The van der Waals surface area contributed by atoms with E-state index in [4.69, 9.17) is 8.75 Å². The molecule has 0 unspecified atom stereocenters. The summed E-state index contributed by atoms with van der Waals surface area (Å²) in [7, 11) is 0. The Hall–Kier alpha value is -1.38. The van der Waals surface area contributed by atoms with Crippen LogP contribution in [0.2, 0.25) is 0 Å². The summed E-state index contributed by atoms with van der Waals surface area (Å²) in [6.07, 6.45) is 27.6. The van der Waals surface area contributed by atoms with Crippen molar-refractivity contribution in [3.63, 3.8) is 0 Å². The molecule has 0 radical (unpaired) electrons. The molecule has 5 aromatic rings. The second kappa shape index (κ2) is 21.2. The number of hydrogen-bond acceptors (Lipinski definition) is 6. The molecule has 49 heavy (non-hydrogen) atoms. The van der Waals surface area contributed by atoms with Crippen LogP contribution in [0.4, 0.5) is 0 Å². The molecule has 1 aromatic carbocycles. The highest BCUT2D eigenvalue weighted by Gasteiger charge is 2.20. The van der Waals surface area contributed by atoms with Gasteiger partial charge in [-0.25, -0.2) is 0 Å². The van der Waals surface area contributed by atoms with Crippen LogP contribution in [0.5, 0.6) is 0 Å². The van der Waals surface area contributed by atoms with Gasteiger partial charge in [-0.3, -0.25) is 0 Å². The molecule has 4 aromatic heterocycles. The molecule has 0 saturated carbocycles. The summed E-state index contributed by atoms with van der Waals surface area (Å²) >= 11 is 11.1. The fourth-order valence-corrected chi connectivity index (χ4v) is 11.6. The van der Waals surface area contributed by atoms with Crippen molar-refractivity contribution in [2.24, 2.45) is 0 Å².